The van der Waals surface area contributed by atoms with Gasteiger partial charge in [-0.3, -0.25) is 0 Å². The second kappa shape index (κ2) is 42.4. The molecule has 60 heavy (non-hydrogen) atoms. The molecular weight excluding hydrogens is 916 g/mol. The number of rotatable bonds is 40. The van der Waals surface area contributed by atoms with Crippen LogP contribution in [0.3, 0.4) is 0 Å². The van der Waals surface area contributed by atoms with Gasteiger partial charge in [0.15, 0.2) is 0 Å². The van der Waals surface area contributed by atoms with E-state index in [2.05, 4.69) is 81.2 Å². The Morgan fingerprint density at radius 1 is 0.383 bits per heavy atom. The molecule has 0 radical (unpaired) electrons. The molecule has 1 aliphatic rings. The van der Waals surface area contributed by atoms with Gasteiger partial charge in [-0.2, -0.15) is 8.62 Å². The van der Waals surface area contributed by atoms with Crippen LogP contribution in [0.5, 0.6) is 0 Å². The second-order valence-corrected chi connectivity index (χ2v) is 21.0. The van der Waals surface area contributed by atoms with Gasteiger partial charge in [-0.05, 0) is 25.7 Å². The molecule has 0 amide bonds. The molecule has 0 aliphatic carbocycles. The van der Waals surface area contributed by atoms with E-state index < -0.39 is 49.9 Å². The molecule has 0 bridgehead atoms. The van der Waals surface area contributed by atoms with Crippen molar-refractivity contribution in [2.75, 3.05) is 39.6 Å². The molecule has 4 unspecified atom stereocenters. The summed E-state index contributed by atoms with van der Waals surface area (Å²) in [5.41, 5.74) is 0. The average Bonchev–Trinajstić information content (AvgIpc) is 3.66. The zero-order valence-electron chi connectivity index (χ0n) is 36.2. The number of phosphoric acid groups is 4. The van der Waals surface area contributed by atoms with E-state index in [-0.39, 0.29) is 26.4 Å². The fourth-order valence-corrected chi connectivity index (χ4v) is 9.05. The first-order valence-electron chi connectivity index (χ1n) is 21.3. The van der Waals surface area contributed by atoms with Crippen molar-refractivity contribution in [2.24, 2.45) is 0 Å². The van der Waals surface area contributed by atoms with Gasteiger partial charge in [0.1, 0.15) is 0 Å². The second-order valence-electron chi connectivity index (χ2n) is 13.6. The first-order chi connectivity index (χ1) is 28.6. The van der Waals surface area contributed by atoms with Crippen LogP contribution in [-0.4, -0.2) is 59.2 Å². The van der Waals surface area contributed by atoms with Gasteiger partial charge in [0.05, 0.1) is 26.4 Å². The molecule has 26 heteroatoms. The third-order valence-corrected chi connectivity index (χ3v) is 13.7. The van der Waals surface area contributed by atoms with Crippen molar-refractivity contribution < 1.29 is 113 Å². The first kappa shape index (κ1) is 62.9. The van der Waals surface area contributed by atoms with Crippen molar-refractivity contribution in [3.05, 3.63) is 0 Å². The Hall–Kier alpha value is 0.794. The molecule has 4 atom stereocenters. The zero-order valence-corrected chi connectivity index (χ0v) is 41.4. The zero-order chi connectivity index (χ0) is 45.3. The fraction of sp³-hybridized carbons (Fsp3) is 1.00. The van der Waals surface area contributed by atoms with Crippen molar-refractivity contribution in [3.63, 3.8) is 0 Å². The van der Waals surface area contributed by atoms with E-state index in [1.54, 1.807) is 0 Å². The summed E-state index contributed by atoms with van der Waals surface area (Å²) < 4.78 is 90.3. The van der Waals surface area contributed by atoms with Crippen molar-refractivity contribution >= 4 is 31.3 Å². The molecule has 1 saturated heterocycles. The van der Waals surface area contributed by atoms with Crippen molar-refractivity contribution in [1.29, 1.82) is 0 Å². The van der Waals surface area contributed by atoms with Gasteiger partial charge < -0.3 is 19.6 Å². The first-order valence-corrected chi connectivity index (χ1v) is 29.2. The molecule has 0 spiro atoms. The van der Waals surface area contributed by atoms with E-state index in [1.807, 2.05) is 0 Å². The minimum absolute atomic E-state index is 0.0746. The Labute approximate surface area is 364 Å². The Balaban J connectivity index is 0. The quantitative estimate of drug-likeness (QED) is 0.0146. The summed E-state index contributed by atoms with van der Waals surface area (Å²) in [5.74, 6) is 0. The molecular formula is C34H76O21P4Ti. The molecule has 4 N–H and O–H groups in total. The molecule has 21 nitrogen and oxygen atoms in total. The predicted molar refractivity (Wildman–Crippen MR) is 216 cm³/mol. The summed E-state index contributed by atoms with van der Waals surface area (Å²) in [7, 11) is -19.6. The van der Waals surface area contributed by atoms with Gasteiger partial charge in [-0.25, -0.2) is 37.8 Å². The Kier molecular flexibility index (Phi) is 44.5. The summed E-state index contributed by atoms with van der Waals surface area (Å²) in [6, 6.07) is 0. The number of hydrogen-bond donors (Lipinski definition) is 4. The van der Waals surface area contributed by atoms with Crippen LogP contribution in [0.15, 0.2) is 0 Å². The monoisotopic (exact) mass is 992 g/mol. The van der Waals surface area contributed by atoms with E-state index in [9.17, 15) is 41.2 Å². The van der Waals surface area contributed by atoms with E-state index in [4.69, 9.17) is 0 Å². The van der Waals surface area contributed by atoms with E-state index in [0.29, 0.717) is 38.9 Å². The van der Waals surface area contributed by atoms with E-state index >= 15 is 0 Å². The van der Waals surface area contributed by atoms with Gasteiger partial charge in [0, 0.05) is 0 Å². The topological polar surface area (TPSA) is 277 Å². The fourth-order valence-electron chi connectivity index (χ4n) is 4.79. The molecule has 1 fully saturated rings. The van der Waals surface area contributed by atoms with Crippen molar-refractivity contribution in [1.82, 2.24) is 0 Å². The molecule has 0 aromatic heterocycles. The summed E-state index contributed by atoms with van der Waals surface area (Å²) in [6.45, 7) is 9.85. The number of hydrogen-bond acceptors (Lipinski definition) is 17. The SMILES string of the molecule is CCCCCCCCOOP(=O)(O)OP(=O)(O)OOCCCCCCCC.CCCCCCCCOOP(=O)(O)OP(=O)(O)OOCCCCCCCC.[O]=[Ti]1[O]CC[O]1. The van der Waals surface area contributed by atoms with Gasteiger partial charge in [0.25, 0.3) is 0 Å². The Bertz CT molecular complexity index is 1030. The maximum absolute atomic E-state index is 11.6. The van der Waals surface area contributed by atoms with Crippen molar-refractivity contribution in [3.8, 4) is 0 Å². The van der Waals surface area contributed by atoms with Crippen LogP contribution in [0.2, 0.25) is 0 Å². The van der Waals surface area contributed by atoms with Crippen LogP contribution in [0.25, 0.3) is 0 Å². The van der Waals surface area contributed by atoms with Gasteiger partial charge in [0.2, 0.25) is 0 Å². The van der Waals surface area contributed by atoms with Gasteiger partial charge >= 0.3 is 73.1 Å². The van der Waals surface area contributed by atoms with Crippen LogP contribution in [-0.2, 0) is 93.7 Å². The molecule has 0 aromatic carbocycles. The molecule has 1 rings (SSSR count). The van der Waals surface area contributed by atoms with Crippen LogP contribution >= 0.6 is 31.3 Å². The van der Waals surface area contributed by atoms with Gasteiger partial charge in [-0.1, -0.05) is 156 Å². The summed E-state index contributed by atoms with van der Waals surface area (Å²) >= 11 is -2.52. The van der Waals surface area contributed by atoms with E-state index in [1.165, 1.54) is 25.7 Å². The third kappa shape index (κ3) is 48.3. The minimum atomic E-state index is -4.89. The maximum atomic E-state index is 11.6. The van der Waals surface area contributed by atoms with E-state index in [0.717, 1.165) is 103 Å². The van der Waals surface area contributed by atoms with Crippen LogP contribution in [0.1, 0.15) is 182 Å². The van der Waals surface area contributed by atoms with Crippen molar-refractivity contribution in [2.45, 2.75) is 182 Å². The number of unbranched alkanes of at least 4 members (excludes halogenated alkanes) is 20. The predicted octanol–water partition coefficient (Wildman–Crippen LogP) is 11.5. The Morgan fingerprint density at radius 2 is 0.583 bits per heavy atom. The van der Waals surface area contributed by atoms with Crippen LogP contribution in [0, 0.1) is 0 Å². The molecule has 1 heterocycles. The van der Waals surface area contributed by atoms with Crippen LogP contribution in [0.4, 0.5) is 0 Å². The van der Waals surface area contributed by atoms with Gasteiger partial charge in [-0.15, -0.1) is 18.7 Å². The summed E-state index contributed by atoms with van der Waals surface area (Å²) in [6.07, 6.45) is 24.1. The molecule has 0 saturated carbocycles. The third-order valence-electron chi connectivity index (χ3n) is 7.85. The molecule has 362 valence electrons. The normalized spacial score (nSPS) is 16.8. The summed E-state index contributed by atoms with van der Waals surface area (Å²) in [4.78, 5) is 55.8. The Morgan fingerprint density at radius 3 is 0.767 bits per heavy atom. The standard InChI is InChI=1S/2C16H36O9P2.C2H4O2.O.Ti/c2*1-3-5-7-9-11-13-15-21-23-26(17,18)25-27(19,20)24-22-16-14-12-10-8-6-4-2;3-1-2-4;;/h2*3-16H2,1-2H3,(H,17,18)(H,19,20);1-2H2;;/q;;-2;;+2. The van der Waals surface area contributed by atoms with Crippen LogP contribution < -0.4 is 0 Å². The molecule has 1 aliphatic heterocycles. The summed E-state index contributed by atoms with van der Waals surface area (Å²) in [5, 5.41) is 0. The average molecular weight is 993 g/mol. The molecule has 0 aromatic rings.